The van der Waals surface area contributed by atoms with E-state index in [1.165, 1.54) is 0 Å². The fraction of sp³-hybridized carbons (Fsp3) is 0.857. The summed E-state index contributed by atoms with van der Waals surface area (Å²) < 4.78 is 5.93. The monoisotopic (exact) mass is 203 g/mol. The van der Waals surface area contributed by atoms with E-state index in [0.29, 0.717) is 6.17 Å². The molecule has 0 spiro atoms. The Labute approximate surface area is 76.1 Å². The van der Waals surface area contributed by atoms with Crippen molar-refractivity contribution in [3.8, 4) is 0 Å². The minimum absolute atomic E-state index is 0.529. The molecule has 0 atom stereocenters. The Kier molecular flexibility index (Phi) is 4.06. The van der Waals surface area contributed by atoms with Crippen LogP contribution in [0.15, 0.2) is 4.99 Å². The van der Waals surface area contributed by atoms with Gasteiger partial charge >= 0.3 is 0 Å². The zero-order chi connectivity index (χ0) is 9.83. The average molecular weight is 203 g/mol. The Morgan fingerprint density at radius 1 is 1.25 bits per heavy atom. The van der Waals surface area contributed by atoms with Gasteiger partial charge in [-0.15, -0.1) is 0 Å². The van der Waals surface area contributed by atoms with E-state index in [0.717, 1.165) is 0 Å². The largest absolute Gasteiger partial charge is 0.455 e. The van der Waals surface area contributed by atoms with Crippen molar-refractivity contribution in [3.63, 3.8) is 0 Å². The summed E-state index contributed by atoms with van der Waals surface area (Å²) in [5.74, 6) is 0. The second-order valence-electron chi connectivity index (χ2n) is 4.38. The SMILES string of the molecule is C[Si](C)(C)O[Si](C)(C)CN=C=O. The second kappa shape index (κ2) is 4.14. The first-order valence-corrected chi connectivity index (χ1v) is 10.5. The van der Waals surface area contributed by atoms with Gasteiger partial charge in [-0.1, -0.05) is 0 Å². The molecule has 0 aliphatic carbocycles. The van der Waals surface area contributed by atoms with Gasteiger partial charge in [0.25, 0.3) is 0 Å². The van der Waals surface area contributed by atoms with E-state index in [1.54, 1.807) is 6.08 Å². The number of nitrogens with zero attached hydrogens (tertiary/aromatic N) is 1. The highest BCUT2D eigenvalue weighted by Gasteiger charge is 2.29. The zero-order valence-corrected chi connectivity index (χ0v) is 10.5. The van der Waals surface area contributed by atoms with Crippen LogP contribution in [-0.2, 0) is 8.91 Å². The molecule has 0 bridgehead atoms. The maximum atomic E-state index is 9.90. The molecule has 0 rings (SSSR count). The number of hydrogen-bond donors (Lipinski definition) is 0. The first-order chi connectivity index (χ1) is 5.27. The van der Waals surface area contributed by atoms with Crippen molar-refractivity contribution >= 4 is 22.7 Å². The summed E-state index contributed by atoms with van der Waals surface area (Å²) in [6.07, 6.45) is 2.08. The quantitative estimate of drug-likeness (QED) is 0.398. The van der Waals surface area contributed by atoms with Gasteiger partial charge in [0.1, 0.15) is 0 Å². The number of hydrogen-bond acceptors (Lipinski definition) is 3. The molecule has 0 heterocycles. The van der Waals surface area contributed by atoms with E-state index in [-0.39, 0.29) is 0 Å². The highest BCUT2D eigenvalue weighted by molar-refractivity contribution is 6.84. The number of aliphatic imine (C=N–C) groups is 1. The summed E-state index contributed by atoms with van der Waals surface area (Å²) in [6, 6.07) is 0. The molecule has 0 radical (unpaired) electrons. The first kappa shape index (κ1) is 11.8. The van der Waals surface area contributed by atoms with Crippen molar-refractivity contribution in [1.82, 2.24) is 0 Å². The summed E-state index contributed by atoms with van der Waals surface area (Å²) in [6.45, 7) is 10.6. The molecular weight excluding hydrogens is 186 g/mol. The van der Waals surface area contributed by atoms with Crippen LogP contribution in [0.2, 0.25) is 32.7 Å². The summed E-state index contributed by atoms with van der Waals surface area (Å²) in [4.78, 5) is 13.5. The molecule has 0 fully saturated rings. The van der Waals surface area contributed by atoms with E-state index in [9.17, 15) is 4.79 Å². The highest BCUT2D eigenvalue weighted by atomic mass is 28.4. The van der Waals surface area contributed by atoms with Gasteiger partial charge in [0, 0.05) is 0 Å². The molecule has 70 valence electrons. The van der Waals surface area contributed by atoms with E-state index in [2.05, 4.69) is 37.7 Å². The molecule has 0 saturated heterocycles. The van der Waals surface area contributed by atoms with E-state index < -0.39 is 16.6 Å². The maximum Gasteiger partial charge on any atom is 0.234 e. The van der Waals surface area contributed by atoms with E-state index in [4.69, 9.17) is 4.12 Å². The maximum absolute atomic E-state index is 9.90. The van der Waals surface area contributed by atoms with Crippen LogP contribution in [0.3, 0.4) is 0 Å². The third-order valence-electron chi connectivity index (χ3n) is 1.11. The second-order valence-corrected chi connectivity index (χ2v) is 13.3. The Balaban J connectivity index is 4.12. The minimum Gasteiger partial charge on any atom is -0.455 e. The predicted molar refractivity (Wildman–Crippen MR) is 54.9 cm³/mol. The molecule has 0 aliphatic rings. The lowest BCUT2D eigenvalue weighted by atomic mass is 11.4. The molecular formula is C7H17NO2Si2. The van der Waals surface area contributed by atoms with Crippen LogP contribution < -0.4 is 0 Å². The fourth-order valence-electron chi connectivity index (χ4n) is 1.08. The molecule has 0 aromatic heterocycles. The number of isocyanates is 1. The lowest BCUT2D eigenvalue weighted by molar-refractivity contribution is 0.545. The molecule has 0 saturated carbocycles. The molecule has 0 amide bonds. The summed E-state index contributed by atoms with van der Waals surface area (Å²) in [5.41, 5.74) is 0. The summed E-state index contributed by atoms with van der Waals surface area (Å²) >= 11 is 0. The Hall–Kier alpha value is -0.226. The first-order valence-electron chi connectivity index (χ1n) is 4.01. The predicted octanol–water partition coefficient (Wildman–Crippen LogP) is 1.92. The van der Waals surface area contributed by atoms with Crippen LogP contribution >= 0.6 is 0 Å². The lowest BCUT2D eigenvalue weighted by Gasteiger charge is -2.29. The van der Waals surface area contributed by atoms with Crippen LogP contribution in [0.25, 0.3) is 0 Å². The highest BCUT2D eigenvalue weighted by Crippen LogP contribution is 2.13. The Morgan fingerprint density at radius 3 is 2.08 bits per heavy atom. The third kappa shape index (κ3) is 6.48. The van der Waals surface area contributed by atoms with Gasteiger partial charge in [-0.05, 0) is 32.7 Å². The standard InChI is InChI=1S/C7H17NO2Si2/c1-11(2,3)10-12(4,5)7-8-6-9/h7H2,1-5H3. The van der Waals surface area contributed by atoms with Crippen LogP contribution in [0.4, 0.5) is 0 Å². The number of rotatable bonds is 4. The lowest BCUT2D eigenvalue weighted by Crippen LogP contribution is -2.44. The normalized spacial score (nSPS) is 12.4. The van der Waals surface area contributed by atoms with Gasteiger partial charge in [-0.3, -0.25) is 0 Å². The molecule has 0 unspecified atom stereocenters. The minimum atomic E-state index is -1.73. The van der Waals surface area contributed by atoms with Gasteiger partial charge in [-0.2, -0.15) is 0 Å². The van der Waals surface area contributed by atoms with E-state index >= 15 is 0 Å². The van der Waals surface area contributed by atoms with Crippen molar-refractivity contribution in [2.75, 3.05) is 6.17 Å². The molecule has 5 heteroatoms. The van der Waals surface area contributed by atoms with Crippen molar-refractivity contribution in [3.05, 3.63) is 0 Å². The van der Waals surface area contributed by atoms with Crippen LogP contribution in [0.5, 0.6) is 0 Å². The molecule has 0 aromatic rings. The van der Waals surface area contributed by atoms with Crippen molar-refractivity contribution in [2.24, 2.45) is 4.99 Å². The van der Waals surface area contributed by atoms with Crippen molar-refractivity contribution in [1.29, 1.82) is 0 Å². The van der Waals surface area contributed by atoms with E-state index in [1.807, 2.05) is 0 Å². The smallest absolute Gasteiger partial charge is 0.234 e. The summed E-state index contributed by atoms with van der Waals surface area (Å²) in [5, 5.41) is 0. The van der Waals surface area contributed by atoms with Crippen molar-refractivity contribution in [2.45, 2.75) is 32.7 Å². The van der Waals surface area contributed by atoms with Crippen LogP contribution in [0, 0.1) is 0 Å². The average Bonchev–Trinajstić information content (AvgIpc) is 1.78. The molecule has 0 aliphatic heterocycles. The summed E-state index contributed by atoms with van der Waals surface area (Å²) in [7, 11) is -3.20. The molecule has 0 N–H and O–H groups in total. The van der Waals surface area contributed by atoms with Gasteiger partial charge < -0.3 is 4.12 Å². The Bertz CT molecular complexity index is 192. The van der Waals surface area contributed by atoms with Crippen molar-refractivity contribution < 1.29 is 8.91 Å². The van der Waals surface area contributed by atoms with Gasteiger partial charge in [0.15, 0.2) is 16.6 Å². The van der Waals surface area contributed by atoms with Gasteiger partial charge in [0.2, 0.25) is 6.08 Å². The van der Waals surface area contributed by atoms with Gasteiger partial charge in [-0.25, -0.2) is 9.79 Å². The molecule has 3 nitrogen and oxygen atoms in total. The fourth-order valence-corrected chi connectivity index (χ4v) is 8.42. The number of carbonyl (C=O) groups excluding carboxylic acids is 1. The third-order valence-corrected chi connectivity index (χ3v) is 6.69. The van der Waals surface area contributed by atoms with Crippen LogP contribution in [0.1, 0.15) is 0 Å². The Morgan fingerprint density at radius 2 is 1.75 bits per heavy atom. The topological polar surface area (TPSA) is 38.7 Å². The molecule has 0 aromatic carbocycles. The van der Waals surface area contributed by atoms with Gasteiger partial charge in [0.05, 0.1) is 6.17 Å². The van der Waals surface area contributed by atoms with Crippen LogP contribution in [-0.4, -0.2) is 28.9 Å². The zero-order valence-electron chi connectivity index (χ0n) is 8.47. The molecule has 12 heavy (non-hydrogen) atoms.